The highest BCUT2D eigenvalue weighted by Crippen LogP contribution is 2.33. The van der Waals surface area contributed by atoms with Crippen LogP contribution >= 0.6 is 24.0 Å². The zero-order valence-corrected chi connectivity index (χ0v) is 12.3. The quantitative estimate of drug-likeness (QED) is 0.473. The highest BCUT2D eigenvalue weighted by atomic mass is 32.2. The molecule has 1 aromatic carbocycles. The van der Waals surface area contributed by atoms with Gasteiger partial charge in [0.05, 0.1) is 10.5 Å². The summed E-state index contributed by atoms with van der Waals surface area (Å²) in [5, 5.41) is 0. The molecule has 1 aliphatic heterocycles. The number of hydrogen-bond donors (Lipinski definition) is 0. The van der Waals surface area contributed by atoms with Gasteiger partial charge in [-0.15, -0.1) is 6.58 Å². The highest BCUT2D eigenvalue weighted by Gasteiger charge is 2.32. The molecule has 0 aromatic heterocycles. The number of hydrogen-bond acceptors (Lipinski definition) is 3. The van der Waals surface area contributed by atoms with Crippen molar-refractivity contribution in [1.29, 1.82) is 0 Å². The Balaban J connectivity index is 2.23. The normalized spacial score (nSPS) is 17.7. The Morgan fingerprint density at radius 2 is 1.90 bits per heavy atom. The molecule has 0 N–H and O–H groups in total. The van der Waals surface area contributed by atoms with Gasteiger partial charge in [-0.05, 0) is 23.8 Å². The van der Waals surface area contributed by atoms with E-state index in [0.29, 0.717) is 21.3 Å². The second-order valence-corrected chi connectivity index (χ2v) is 5.88. The van der Waals surface area contributed by atoms with Gasteiger partial charge in [0.1, 0.15) is 4.32 Å². The van der Waals surface area contributed by atoms with Crippen LogP contribution in [0.1, 0.15) is 11.1 Å². The number of thioether (sulfide) groups is 1. The minimum Gasteiger partial charge on any atom is -0.289 e. The summed E-state index contributed by atoms with van der Waals surface area (Å²) in [4.78, 5) is 13.8. The molecule has 1 amide bonds. The van der Waals surface area contributed by atoms with Crippen molar-refractivity contribution in [3.8, 4) is 0 Å². The maximum absolute atomic E-state index is 12.5. The predicted octanol–water partition coefficient (Wildman–Crippen LogP) is 4.09. The van der Waals surface area contributed by atoms with Gasteiger partial charge in [0, 0.05) is 6.54 Å². The van der Waals surface area contributed by atoms with Gasteiger partial charge in [0.25, 0.3) is 5.91 Å². The van der Waals surface area contributed by atoms with Gasteiger partial charge < -0.3 is 0 Å². The molecular formula is C14H10F3NOS2. The van der Waals surface area contributed by atoms with E-state index in [9.17, 15) is 18.0 Å². The zero-order valence-electron chi connectivity index (χ0n) is 10.7. The number of rotatable bonds is 3. The first kappa shape index (κ1) is 15.8. The van der Waals surface area contributed by atoms with Crippen LogP contribution in [0.3, 0.4) is 0 Å². The van der Waals surface area contributed by atoms with Crippen LogP contribution in [-0.4, -0.2) is 21.7 Å². The van der Waals surface area contributed by atoms with E-state index in [2.05, 4.69) is 6.58 Å². The number of thiocarbonyl (C=S) groups is 1. The summed E-state index contributed by atoms with van der Waals surface area (Å²) < 4.78 is 37.8. The summed E-state index contributed by atoms with van der Waals surface area (Å²) in [5.41, 5.74) is -0.207. The molecule has 2 rings (SSSR count). The standard InChI is InChI=1S/C14H10F3NOS2/c1-2-7-18-12(19)11(21-13(18)20)8-9-3-5-10(6-4-9)14(15,16)17/h2-6,8H,1,7H2/b11-8-. The molecule has 1 heterocycles. The Hall–Kier alpha value is -1.60. The van der Waals surface area contributed by atoms with Crippen molar-refractivity contribution in [2.75, 3.05) is 6.54 Å². The van der Waals surface area contributed by atoms with Crippen molar-refractivity contribution in [2.45, 2.75) is 6.18 Å². The fraction of sp³-hybridized carbons (Fsp3) is 0.143. The Kier molecular flexibility index (Phi) is 4.53. The summed E-state index contributed by atoms with van der Waals surface area (Å²) in [7, 11) is 0. The van der Waals surface area contributed by atoms with Crippen LogP contribution in [0, 0.1) is 0 Å². The molecule has 0 unspecified atom stereocenters. The van der Waals surface area contributed by atoms with Crippen molar-refractivity contribution in [3.63, 3.8) is 0 Å². The van der Waals surface area contributed by atoms with Crippen LogP contribution in [0.4, 0.5) is 13.2 Å². The third-order valence-corrected chi connectivity index (χ3v) is 4.10. The Morgan fingerprint density at radius 1 is 1.29 bits per heavy atom. The lowest BCUT2D eigenvalue weighted by atomic mass is 10.1. The second-order valence-electron chi connectivity index (χ2n) is 4.20. The SMILES string of the molecule is C=CCN1C(=O)/C(=C/c2ccc(C(F)(F)F)cc2)SC1=S. The monoisotopic (exact) mass is 329 g/mol. The van der Waals surface area contributed by atoms with E-state index >= 15 is 0 Å². The van der Waals surface area contributed by atoms with E-state index in [4.69, 9.17) is 12.2 Å². The fourth-order valence-electron chi connectivity index (χ4n) is 1.71. The number of alkyl halides is 3. The molecule has 110 valence electrons. The van der Waals surface area contributed by atoms with Crippen molar-refractivity contribution < 1.29 is 18.0 Å². The van der Waals surface area contributed by atoms with Crippen LogP contribution in [-0.2, 0) is 11.0 Å². The maximum atomic E-state index is 12.5. The lowest BCUT2D eigenvalue weighted by Crippen LogP contribution is -2.27. The topological polar surface area (TPSA) is 20.3 Å². The molecule has 1 aliphatic rings. The third kappa shape index (κ3) is 3.54. The van der Waals surface area contributed by atoms with Crippen LogP contribution in [0.15, 0.2) is 41.8 Å². The highest BCUT2D eigenvalue weighted by molar-refractivity contribution is 8.26. The number of carbonyl (C=O) groups excluding carboxylic acids is 1. The van der Waals surface area contributed by atoms with Crippen molar-refractivity contribution in [1.82, 2.24) is 4.90 Å². The molecular weight excluding hydrogens is 319 g/mol. The molecule has 0 bridgehead atoms. The van der Waals surface area contributed by atoms with Crippen molar-refractivity contribution >= 4 is 40.3 Å². The zero-order chi connectivity index (χ0) is 15.6. The summed E-state index contributed by atoms with van der Waals surface area (Å²) in [6, 6.07) is 4.61. The molecule has 21 heavy (non-hydrogen) atoms. The summed E-state index contributed by atoms with van der Waals surface area (Å²) in [6.45, 7) is 3.86. The van der Waals surface area contributed by atoms with Gasteiger partial charge in [-0.1, -0.05) is 42.2 Å². The third-order valence-electron chi connectivity index (χ3n) is 2.72. The lowest BCUT2D eigenvalue weighted by Gasteiger charge is -2.10. The Morgan fingerprint density at radius 3 is 2.43 bits per heavy atom. The average Bonchev–Trinajstić information content (AvgIpc) is 2.66. The van der Waals surface area contributed by atoms with E-state index in [1.54, 1.807) is 6.08 Å². The van der Waals surface area contributed by atoms with Crippen LogP contribution in [0.2, 0.25) is 0 Å². The minimum absolute atomic E-state index is 0.259. The van der Waals surface area contributed by atoms with Crippen LogP contribution in [0.5, 0.6) is 0 Å². The molecule has 1 aromatic rings. The molecule has 7 heteroatoms. The van der Waals surface area contributed by atoms with Crippen LogP contribution in [0.25, 0.3) is 6.08 Å². The molecule has 0 atom stereocenters. The number of benzene rings is 1. The first-order chi connectivity index (χ1) is 9.82. The predicted molar refractivity (Wildman–Crippen MR) is 81.5 cm³/mol. The van der Waals surface area contributed by atoms with Gasteiger partial charge in [0.15, 0.2) is 0 Å². The van der Waals surface area contributed by atoms with E-state index in [1.165, 1.54) is 23.1 Å². The van der Waals surface area contributed by atoms with Gasteiger partial charge in [-0.3, -0.25) is 9.69 Å². The Bertz CT molecular complexity index is 620. The maximum Gasteiger partial charge on any atom is 0.416 e. The number of halogens is 3. The largest absolute Gasteiger partial charge is 0.416 e. The average molecular weight is 329 g/mol. The molecule has 0 saturated carbocycles. The van der Waals surface area contributed by atoms with Crippen molar-refractivity contribution in [2.24, 2.45) is 0 Å². The lowest BCUT2D eigenvalue weighted by molar-refractivity contribution is -0.137. The molecule has 0 radical (unpaired) electrons. The Labute approximate surface area is 129 Å². The van der Waals surface area contributed by atoms with Gasteiger partial charge >= 0.3 is 6.18 Å². The summed E-state index contributed by atoms with van der Waals surface area (Å²) in [6.07, 6.45) is -1.28. The van der Waals surface area contributed by atoms with E-state index < -0.39 is 11.7 Å². The first-order valence-corrected chi connectivity index (χ1v) is 7.09. The van der Waals surface area contributed by atoms with E-state index in [1.807, 2.05) is 0 Å². The molecule has 0 aliphatic carbocycles. The smallest absolute Gasteiger partial charge is 0.289 e. The summed E-state index contributed by atoms with van der Waals surface area (Å²) >= 11 is 6.20. The molecule has 1 fully saturated rings. The van der Waals surface area contributed by atoms with Gasteiger partial charge in [-0.2, -0.15) is 13.2 Å². The van der Waals surface area contributed by atoms with Gasteiger partial charge in [0.2, 0.25) is 0 Å². The molecule has 1 saturated heterocycles. The fourth-order valence-corrected chi connectivity index (χ4v) is 2.98. The van der Waals surface area contributed by atoms with Crippen molar-refractivity contribution in [3.05, 3.63) is 53.0 Å². The number of amides is 1. The van der Waals surface area contributed by atoms with E-state index in [0.717, 1.165) is 23.9 Å². The molecule has 2 nitrogen and oxygen atoms in total. The van der Waals surface area contributed by atoms with Crippen LogP contribution < -0.4 is 0 Å². The first-order valence-electron chi connectivity index (χ1n) is 5.86. The van der Waals surface area contributed by atoms with Gasteiger partial charge in [-0.25, -0.2) is 0 Å². The number of nitrogens with zero attached hydrogens (tertiary/aromatic N) is 1. The minimum atomic E-state index is -4.37. The van der Waals surface area contributed by atoms with E-state index in [-0.39, 0.29) is 5.91 Å². The summed E-state index contributed by atoms with van der Waals surface area (Å²) in [5.74, 6) is -0.259. The second kappa shape index (κ2) is 6.03. The number of carbonyl (C=O) groups is 1. The molecule has 0 spiro atoms.